The topological polar surface area (TPSA) is 84.2 Å². The van der Waals surface area contributed by atoms with Gasteiger partial charge in [0.2, 0.25) is 0 Å². The number of carbonyl (C=O) groups is 2. The third kappa shape index (κ3) is 6.84. The summed E-state index contributed by atoms with van der Waals surface area (Å²) in [6, 6.07) is 32.2. The fourth-order valence-corrected chi connectivity index (χ4v) is 6.80. The number of rotatable bonds is 12. The molecule has 0 saturated carbocycles. The van der Waals surface area contributed by atoms with Crippen molar-refractivity contribution in [2.24, 2.45) is 0 Å². The van der Waals surface area contributed by atoms with Crippen LogP contribution in [0, 0.1) is 13.8 Å². The molecule has 48 heavy (non-hydrogen) atoms. The number of fused-ring (bicyclic) bond motifs is 1. The zero-order valence-electron chi connectivity index (χ0n) is 28.1. The molecule has 0 fully saturated rings. The van der Waals surface area contributed by atoms with E-state index in [-0.39, 0.29) is 25.2 Å². The van der Waals surface area contributed by atoms with E-state index in [4.69, 9.17) is 9.47 Å². The minimum Gasteiger partial charge on any atom is -0.456 e. The lowest BCUT2D eigenvalue weighted by molar-refractivity contribution is 0.0457. The lowest BCUT2D eigenvalue weighted by atomic mass is 10.00. The van der Waals surface area contributed by atoms with Gasteiger partial charge in [-0.05, 0) is 82.3 Å². The first kappa shape index (κ1) is 32.6. The number of benzene rings is 2. The van der Waals surface area contributed by atoms with Gasteiger partial charge in [-0.15, -0.1) is 0 Å². The molecule has 2 aliphatic carbocycles. The van der Waals surface area contributed by atoms with E-state index in [0.717, 1.165) is 57.6 Å². The van der Waals surface area contributed by atoms with Crippen LogP contribution in [0.5, 0.6) is 0 Å². The fraction of sp³-hybridized carbons (Fsp3) is 0.238. The summed E-state index contributed by atoms with van der Waals surface area (Å²) in [5.41, 5.74) is 13.9. The number of ether oxygens (including phenoxy) is 2. The van der Waals surface area contributed by atoms with Crippen LogP contribution in [0.15, 0.2) is 97.1 Å². The van der Waals surface area contributed by atoms with Crippen molar-refractivity contribution in [1.29, 1.82) is 0 Å². The van der Waals surface area contributed by atoms with Gasteiger partial charge in [-0.3, -0.25) is 0 Å². The molecule has 6 heteroatoms. The van der Waals surface area contributed by atoms with Gasteiger partial charge in [0.15, 0.2) is 0 Å². The monoisotopic (exact) mass is 638 g/mol. The number of esters is 2. The molecular weight excluding hydrogens is 596 g/mol. The normalized spacial score (nSPS) is 11.2. The molecule has 2 aliphatic rings. The zero-order valence-corrected chi connectivity index (χ0v) is 28.1. The molecule has 2 aromatic carbocycles. The molecule has 2 N–H and O–H groups in total. The molecule has 0 atom stereocenters. The van der Waals surface area contributed by atoms with Gasteiger partial charge in [-0.25, -0.2) is 9.59 Å². The summed E-state index contributed by atoms with van der Waals surface area (Å²) in [5.74, 6) is -0.687. The van der Waals surface area contributed by atoms with Crippen LogP contribution in [-0.4, -0.2) is 21.9 Å². The quantitative estimate of drug-likeness (QED) is 0.131. The molecule has 0 bridgehead atoms. The minimum absolute atomic E-state index is 0.229. The Kier molecular flexibility index (Phi) is 9.91. The second kappa shape index (κ2) is 14.6. The summed E-state index contributed by atoms with van der Waals surface area (Å²) in [4.78, 5) is 33.3. The van der Waals surface area contributed by atoms with Crippen LogP contribution in [0.3, 0.4) is 0 Å². The zero-order chi connectivity index (χ0) is 33.6. The number of H-pyrrole nitrogens is 2. The first-order valence-electron chi connectivity index (χ1n) is 16.7. The maximum Gasteiger partial charge on any atom is 0.355 e. The van der Waals surface area contributed by atoms with Crippen LogP contribution in [0.1, 0.15) is 90.7 Å². The van der Waals surface area contributed by atoms with Crippen LogP contribution in [0.25, 0.3) is 11.1 Å². The highest BCUT2D eigenvalue weighted by molar-refractivity contribution is 5.90. The Labute approximate surface area is 282 Å². The highest BCUT2D eigenvalue weighted by Crippen LogP contribution is 2.36. The number of carbonyl (C=O) groups excluding carboxylic acids is 2. The Bertz CT molecular complexity index is 1860. The predicted molar refractivity (Wildman–Crippen MR) is 190 cm³/mol. The standard InChI is InChI=1S/C42H42N2O4/c1-5-33-27(3)39(41(45)47-25-29-16-10-7-11-17-29)43-37(33)23-31-22-32(36-21-15-9-14-20-35(31)36)24-38-34(6-2)28(4)40(44-38)42(46)48-26-30-18-12-8-13-19-30/h7-22,43-44H,5-6,23-26H2,1-4H3. The first-order chi connectivity index (χ1) is 23.4. The Hall–Kier alpha value is -5.36. The molecule has 2 aromatic heterocycles. The van der Waals surface area contributed by atoms with Crippen molar-refractivity contribution < 1.29 is 19.1 Å². The summed E-state index contributed by atoms with van der Waals surface area (Å²) in [5, 5.41) is 0. The van der Waals surface area contributed by atoms with E-state index >= 15 is 0 Å². The number of hydrogen-bond acceptors (Lipinski definition) is 4. The van der Waals surface area contributed by atoms with E-state index in [1.807, 2.05) is 80.6 Å². The van der Waals surface area contributed by atoms with E-state index in [9.17, 15) is 9.59 Å². The smallest absolute Gasteiger partial charge is 0.355 e. The second-order valence-electron chi connectivity index (χ2n) is 12.3. The van der Waals surface area contributed by atoms with Crippen molar-refractivity contribution >= 4 is 11.9 Å². The van der Waals surface area contributed by atoms with Gasteiger partial charge in [0, 0.05) is 24.2 Å². The number of aromatic amines is 2. The molecule has 6 nitrogen and oxygen atoms in total. The highest BCUT2D eigenvalue weighted by Gasteiger charge is 2.24. The van der Waals surface area contributed by atoms with Crippen molar-refractivity contribution in [2.45, 2.75) is 66.6 Å². The van der Waals surface area contributed by atoms with Crippen molar-refractivity contribution in [3.8, 4) is 11.1 Å². The Morgan fingerprint density at radius 3 is 1.31 bits per heavy atom. The van der Waals surface area contributed by atoms with E-state index < -0.39 is 0 Å². The molecule has 0 radical (unpaired) electrons. The van der Waals surface area contributed by atoms with Crippen molar-refractivity contribution in [3.63, 3.8) is 0 Å². The summed E-state index contributed by atoms with van der Waals surface area (Å²) >= 11 is 0. The maximum atomic E-state index is 13.2. The highest BCUT2D eigenvalue weighted by atomic mass is 16.5. The molecule has 0 saturated heterocycles. The van der Waals surface area contributed by atoms with Gasteiger partial charge < -0.3 is 19.4 Å². The summed E-state index contributed by atoms with van der Waals surface area (Å²) in [6.07, 6.45) is 2.90. The van der Waals surface area contributed by atoms with Gasteiger partial charge >= 0.3 is 11.9 Å². The van der Waals surface area contributed by atoms with Crippen molar-refractivity contribution in [2.75, 3.05) is 0 Å². The molecule has 4 aromatic rings. The van der Waals surface area contributed by atoms with E-state index in [1.54, 1.807) is 0 Å². The molecule has 244 valence electrons. The fourth-order valence-electron chi connectivity index (χ4n) is 6.80. The molecular formula is C42H42N2O4. The second-order valence-corrected chi connectivity index (χ2v) is 12.3. The SMILES string of the molecule is CCc1c(Cc2cc(Cc3[nH]c(C(=O)OCc4ccccc4)c(C)c3CC)c3cccccc2-3)[nH]c(C(=O)OCc2ccccc2)c1C. The Balaban J connectivity index is 1.27. The summed E-state index contributed by atoms with van der Waals surface area (Å²) in [7, 11) is 0. The van der Waals surface area contributed by atoms with Crippen LogP contribution in [0.4, 0.5) is 0 Å². The lowest BCUT2D eigenvalue weighted by Crippen LogP contribution is -2.07. The molecule has 6 rings (SSSR count). The number of aromatic nitrogens is 2. The van der Waals surface area contributed by atoms with Gasteiger partial charge in [-0.1, -0.05) is 111 Å². The number of nitrogens with one attached hydrogen (secondary N) is 2. The van der Waals surface area contributed by atoms with Gasteiger partial charge in [0.05, 0.1) is 0 Å². The van der Waals surface area contributed by atoms with Gasteiger partial charge in [0.25, 0.3) is 0 Å². The minimum atomic E-state index is -0.343. The molecule has 0 aliphatic heterocycles. The average Bonchev–Trinajstić information content (AvgIpc) is 3.63. The molecule has 0 amide bonds. The molecule has 0 spiro atoms. The van der Waals surface area contributed by atoms with E-state index in [1.165, 1.54) is 22.3 Å². The van der Waals surface area contributed by atoms with E-state index in [2.05, 4.69) is 54.1 Å². The predicted octanol–water partition coefficient (Wildman–Crippen LogP) is 9.08. The van der Waals surface area contributed by atoms with Crippen molar-refractivity contribution in [3.05, 3.63) is 164 Å². The number of hydrogen-bond donors (Lipinski definition) is 2. The van der Waals surface area contributed by atoms with Crippen LogP contribution in [0.2, 0.25) is 0 Å². The lowest BCUT2D eigenvalue weighted by Gasteiger charge is -2.05. The van der Waals surface area contributed by atoms with Crippen molar-refractivity contribution in [1.82, 2.24) is 9.97 Å². The largest absolute Gasteiger partial charge is 0.456 e. The van der Waals surface area contributed by atoms with Crippen LogP contribution < -0.4 is 0 Å². The van der Waals surface area contributed by atoms with Crippen LogP contribution in [-0.2, 0) is 48.4 Å². The molecule has 0 unspecified atom stereocenters. The third-order valence-corrected chi connectivity index (χ3v) is 9.29. The van der Waals surface area contributed by atoms with Gasteiger partial charge in [-0.2, -0.15) is 0 Å². The average molecular weight is 639 g/mol. The first-order valence-corrected chi connectivity index (χ1v) is 16.7. The maximum absolute atomic E-state index is 13.2. The summed E-state index contributed by atoms with van der Waals surface area (Å²) in [6.45, 7) is 8.69. The van der Waals surface area contributed by atoms with E-state index in [0.29, 0.717) is 24.2 Å². The summed E-state index contributed by atoms with van der Waals surface area (Å²) < 4.78 is 11.4. The Morgan fingerprint density at radius 2 is 0.938 bits per heavy atom. The van der Waals surface area contributed by atoms with Crippen LogP contribution >= 0.6 is 0 Å². The Morgan fingerprint density at radius 1 is 0.562 bits per heavy atom. The molecule has 2 heterocycles. The van der Waals surface area contributed by atoms with Gasteiger partial charge in [0.1, 0.15) is 24.6 Å². The third-order valence-electron chi connectivity index (χ3n) is 9.29.